The van der Waals surface area contributed by atoms with E-state index in [1.54, 1.807) is 0 Å². The maximum Gasteiger partial charge on any atom is 0.0488 e. The predicted octanol–water partition coefficient (Wildman–Crippen LogP) is 1.29. The molecule has 2 heteroatoms. The van der Waals surface area contributed by atoms with Crippen molar-refractivity contribution in [1.29, 1.82) is 0 Å². The fraction of sp³-hybridized carbons (Fsp3) is 1.00. The molecule has 0 aromatic carbocycles. The number of hydrogen-bond acceptors (Lipinski definition) is 1. The Morgan fingerprint density at radius 1 is 1.45 bits per heavy atom. The summed E-state index contributed by atoms with van der Waals surface area (Å²) in [4.78, 5) is 0. The zero-order valence-electron chi connectivity index (χ0n) is 8.02. The van der Waals surface area contributed by atoms with Crippen LogP contribution in [0.4, 0.5) is 0 Å². The third kappa shape index (κ3) is 2.95. The van der Waals surface area contributed by atoms with Crippen molar-refractivity contribution in [3.8, 4) is 0 Å². The van der Waals surface area contributed by atoms with Gasteiger partial charge in [0.2, 0.25) is 0 Å². The van der Waals surface area contributed by atoms with Crippen LogP contribution in [-0.4, -0.2) is 22.1 Å². The molecule has 0 bridgehead atoms. The maximum absolute atomic E-state index is 5.84. The molecule has 1 atom stereocenters. The van der Waals surface area contributed by atoms with E-state index >= 15 is 0 Å². The van der Waals surface area contributed by atoms with Crippen LogP contribution < -0.4 is 0 Å². The molecular weight excluding hydrogens is 152 g/mol. The molecule has 1 nitrogen and oxygen atoms in total. The van der Waals surface area contributed by atoms with Gasteiger partial charge in [-0.3, -0.25) is 0 Å². The van der Waals surface area contributed by atoms with Crippen LogP contribution in [0.1, 0.15) is 39.5 Å². The second kappa shape index (κ2) is 3.72. The van der Waals surface area contributed by atoms with Gasteiger partial charge >= 0.3 is 0 Å². The van der Waals surface area contributed by atoms with Crippen LogP contribution in [0.2, 0.25) is 0 Å². The highest BCUT2D eigenvalue weighted by Crippen LogP contribution is 2.27. The Bertz CT molecular complexity index is 117. The zero-order valence-corrected chi connectivity index (χ0v) is 10.0. The van der Waals surface area contributed by atoms with Gasteiger partial charge < -0.3 is 4.74 Å². The number of ether oxygens (including phenoxy) is 1. The summed E-state index contributed by atoms with van der Waals surface area (Å²) in [6, 6.07) is 0. The predicted molar refractivity (Wildman–Crippen MR) is 51.9 cm³/mol. The first-order chi connectivity index (χ1) is 5.12. The molecule has 1 unspecified atom stereocenters. The van der Waals surface area contributed by atoms with Gasteiger partial charge in [0.05, 0.1) is 0 Å². The topological polar surface area (TPSA) is 9.23 Å². The van der Waals surface area contributed by atoms with Gasteiger partial charge in [-0.2, -0.15) is 0 Å². The molecule has 11 heavy (non-hydrogen) atoms. The van der Waals surface area contributed by atoms with Crippen LogP contribution in [0.15, 0.2) is 0 Å². The summed E-state index contributed by atoms with van der Waals surface area (Å²) in [5.41, 5.74) is 0. The van der Waals surface area contributed by atoms with Gasteiger partial charge in [0.1, 0.15) is 0 Å². The summed E-state index contributed by atoms with van der Waals surface area (Å²) >= 11 is 0. The van der Waals surface area contributed by atoms with Gasteiger partial charge in [-0.05, 0) is 31.6 Å². The maximum atomic E-state index is 5.84. The molecule has 0 N–H and O–H groups in total. The quantitative estimate of drug-likeness (QED) is 0.570. The summed E-state index contributed by atoms with van der Waals surface area (Å²) in [5.74, 6) is 0.797. The lowest BCUT2D eigenvalue weighted by Crippen LogP contribution is -2.38. The van der Waals surface area contributed by atoms with Crippen LogP contribution >= 0.6 is 0 Å². The van der Waals surface area contributed by atoms with Gasteiger partial charge in [-0.15, -0.1) is 0 Å². The van der Waals surface area contributed by atoms with E-state index in [0.29, 0.717) is 5.22 Å². The van der Waals surface area contributed by atoms with E-state index in [0.717, 1.165) is 12.5 Å². The zero-order chi connectivity index (χ0) is 8.32. The van der Waals surface area contributed by atoms with Gasteiger partial charge in [0.15, 0.2) is 0 Å². The highest BCUT2D eigenvalue weighted by atomic mass is 28.1. The molecule has 1 aliphatic heterocycles. The van der Waals surface area contributed by atoms with E-state index in [1.807, 2.05) is 0 Å². The van der Waals surface area contributed by atoms with Crippen LogP contribution in [0.3, 0.4) is 0 Å². The Kier molecular flexibility index (Phi) is 3.13. The summed E-state index contributed by atoms with van der Waals surface area (Å²) in [6.07, 6.45) is 5.26. The number of hydrogen-bond donors (Lipinski definition) is 0. The Hall–Kier alpha value is 0.177. The second-order valence-electron chi connectivity index (χ2n) is 4.35. The minimum atomic E-state index is 0.340. The molecular formula is C9H20OSi. The molecule has 0 spiro atoms. The lowest BCUT2D eigenvalue weighted by atomic mass is 9.98. The largest absolute Gasteiger partial charge is 0.380 e. The summed E-state index contributed by atoms with van der Waals surface area (Å²) in [5, 5.41) is 0.340. The Labute approximate surface area is 72.9 Å². The Morgan fingerprint density at radius 2 is 2.18 bits per heavy atom. The normalized spacial score (nSPS) is 33.0. The van der Waals surface area contributed by atoms with Crippen molar-refractivity contribution in [1.82, 2.24) is 0 Å². The molecule has 0 aliphatic carbocycles. The van der Waals surface area contributed by atoms with E-state index in [-0.39, 0.29) is 0 Å². The van der Waals surface area contributed by atoms with Crippen LogP contribution in [-0.2, 0) is 4.74 Å². The molecule has 0 radical (unpaired) electrons. The molecule has 1 fully saturated rings. The lowest BCUT2D eigenvalue weighted by molar-refractivity contribution is -0.0295. The van der Waals surface area contributed by atoms with Gasteiger partial charge in [0.25, 0.3) is 0 Å². The SMILES string of the molecule is CC(C)CC1([SiH3])CCCCO1. The van der Waals surface area contributed by atoms with E-state index in [4.69, 9.17) is 4.74 Å². The fourth-order valence-electron chi connectivity index (χ4n) is 2.02. The molecule has 0 aromatic heterocycles. The standard InChI is InChI=1S/C9H20OSi/c1-8(2)7-9(11)5-3-4-6-10-9/h8H,3-7H2,1-2,11H3. The van der Waals surface area contributed by atoms with E-state index in [2.05, 4.69) is 13.8 Å². The molecule has 66 valence electrons. The molecule has 1 rings (SSSR count). The molecule has 0 aromatic rings. The van der Waals surface area contributed by atoms with Gasteiger partial charge in [-0.1, -0.05) is 13.8 Å². The van der Waals surface area contributed by atoms with Crippen molar-refractivity contribution in [2.75, 3.05) is 6.61 Å². The van der Waals surface area contributed by atoms with E-state index < -0.39 is 0 Å². The first-order valence-electron chi connectivity index (χ1n) is 4.76. The number of rotatable bonds is 2. The second-order valence-corrected chi connectivity index (χ2v) is 6.18. The fourth-order valence-corrected chi connectivity index (χ4v) is 3.39. The van der Waals surface area contributed by atoms with Gasteiger partial charge in [0, 0.05) is 22.1 Å². The summed E-state index contributed by atoms with van der Waals surface area (Å²) < 4.78 is 5.84. The average Bonchev–Trinajstić information content (AvgIpc) is 1.85. The highest BCUT2D eigenvalue weighted by molar-refractivity contribution is 6.14. The van der Waals surface area contributed by atoms with Crippen LogP contribution in [0.5, 0.6) is 0 Å². The summed E-state index contributed by atoms with van der Waals surface area (Å²) in [7, 11) is 1.21. The van der Waals surface area contributed by atoms with Crippen LogP contribution in [0.25, 0.3) is 0 Å². The first-order valence-corrected chi connectivity index (χ1v) is 5.76. The molecule has 1 aliphatic rings. The minimum Gasteiger partial charge on any atom is -0.380 e. The third-order valence-electron chi connectivity index (χ3n) is 2.39. The van der Waals surface area contributed by atoms with Crippen molar-refractivity contribution < 1.29 is 4.74 Å². The van der Waals surface area contributed by atoms with Crippen molar-refractivity contribution in [2.45, 2.75) is 44.8 Å². The average molecular weight is 172 g/mol. The van der Waals surface area contributed by atoms with Crippen molar-refractivity contribution in [3.05, 3.63) is 0 Å². The summed E-state index contributed by atoms with van der Waals surface area (Å²) in [6.45, 7) is 5.59. The molecule has 1 saturated heterocycles. The van der Waals surface area contributed by atoms with E-state index in [9.17, 15) is 0 Å². The van der Waals surface area contributed by atoms with Crippen molar-refractivity contribution in [3.63, 3.8) is 0 Å². The first kappa shape index (κ1) is 9.27. The molecule has 0 amide bonds. The molecule has 0 saturated carbocycles. The minimum absolute atomic E-state index is 0.340. The Morgan fingerprint density at radius 3 is 2.64 bits per heavy atom. The lowest BCUT2D eigenvalue weighted by Gasteiger charge is -2.35. The van der Waals surface area contributed by atoms with Crippen molar-refractivity contribution in [2.24, 2.45) is 5.92 Å². The highest BCUT2D eigenvalue weighted by Gasteiger charge is 2.27. The smallest absolute Gasteiger partial charge is 0.0488 e. The van der Waals surface area contributed by atoms with Gasteiger partial charge in [-0.25, -0.2) is 0 Å². The molecule has 1 heterocycles. The Balaban J connectivity index is 2.37. The van der Waals surface area contributed by atoms with E-state index in [1.165, 1.54) is 35.9 Å². The monoisotopic (exact) mass is 172 g/mol. The van der Waals surface area contributed by atoms with Crippen LogP contribution in [0, 0.1) is 5.92 Å². The third-order valence-corrected chi connectivity index (χ3v) is 3.59. The van der Waals surface area contributed by atoms with Crippen molar-refractivity contribution >= 4 is 10.2 Å².